The number of hydrogen-bond donors (Lipinski definition) is 1. The minimum absolute atomic E-state index is 0.0189. The molecule has 1 unspecified atom stereocenters. The van der Waals surface area contributed by atoms with E-state index in [1.807, 2.05) is 0 Å². The first kappa shape index (κ1) is 15.2. The molecule has 1 aromatic rings. The van der Waals surface area contributed by atoms with Crippen molar-refractivity contribution in [2.45, 2.75) is 25.1 Å². The van der Waals surface area contributed by atoms with E-state index in [4.69, 9.17) is 4.74 Å². The number of ether oxygens (including phenoxy) is 1. The summed E-state index contributed by atoms with van der Waals surface area (Å²) < 4.78 is 54.2. The average Bonchev–Trinajstić information content (AvgIpc) is 2.28. The van der Waals surface area contributed by atoms with E-state index in [2.05, 4.69) is 15.9 Å². The zero-order chi connectivity index (χ0) is 13.9. The fourth-order valence-electron chi connectivity index (χ4n) is 1.44. The lowest BCUT2D eigenvalue weighted by Crippen LogP contribution is -2.10. The third-order valence-electron chi connectivity index (χ3n) is 2.33. The van der Waals surface area contributed by atoms with E-state index in [1.54, 1.807) is 0 Å². The first-order chi connectivity index (χ1) is 8.24. The van der Waals surface area contributed by atoms with Crippen LogP contribution in [0.1, 0.15) is 24.5 Å². The van der Waals surface area contributed by atoms with Crippen LogP contribution in [0, 0.1) is 5.82 Å². The van der Waals surface area contributed by atoms with Crippen LogP contribution >= 0.6 is 15.9 Å². The normalized spacial score (nSPS) is 13.5. The van der Waals surface area contributed by atoms with Gasteiger partial charge in [-0.2, -0.15) is 13.2 Å². The highest BCUT2D eigenvalue weighted by atomic mass is 79.9. The number of aliphatic hydroxyl groups is 1. The lowest BCUT2D eigenvalue weighted by molar-refractivity contribution is -0.140. The van der Waals surface area contributed by atoms with E-state index >= 15 is 0 Å². The second-order valence-corrected chi connectivity index (χ2v) is 4.53. The van der Waals surface area contributed by atoms with Crippen molar-refractivity contribution in [2.75, 3.05) is 7.11 Å². The van der Waals surface area contributed by atoms with Crippen LogP contribution in [0.2, 0.25) is 0 Å². The van der Waals surface area contributed by atoms with Gasteiger partial charge >= 0.3 is 6.18 Å². The molecule has 0 spiro atoms. The molecule has 0 aliphatic rings. The van der Waals surface area contributed by atoms with Crippen molar-refractivity contribution in [2.24, 2.45) is 0 Å². The molecule has 0 aliphatic carbocycles. The number of hydrogen-bond acceptors (Lipinski definition) is 2. The zero-order valence-electron chi connectivity index (χ0n) is 9.39. The number of methoxy groups -OCH3 is 1. The number of alkyl halides is 3. The van der Waals surface area contributed by atoms with Crippen molar-refractivity contribution in [3.05, 3.63) is 28.0 Å². The molecule has 0 amide bonds. The molecule has 0 heterocycles. The van der Waals surface area contributed by atoms with Crippen LogP contribution in [0.4, 0.5) is 17.6 Å². The van der Waals surface area contributed by atoms with Crippen LogP contribution in [-0.2, 0) is 0 Å². The molecular formula is C11H11BrF4O2. The van der Waals surface area contributed by atoms with Crippen molar-refractivity contribution in [3.8, 4) is 5.75 Å². The van der Waals surface area contributed by atoms with Gasteiger partial charge in [0.1, 0.15) is 11.6 Å². The van der Waals surface area contributed by atoms with E-state index in [9.17, 15) is 22.7 Å². The molecule has 18 heavy (non-hydrogen) atoms. The topological polar surface area (TPSA) is 29.5 Å². The standard InChI is InChI=1S/C11H11BrF4O2/c1-18-10-5-8(13)7(12)4-6(10)9(17)2-3-11(14,15)16/h4-5,9,17H,2-3H2,1H3. The Kier molecular flexibility index (Phi) is 4.98. The maximum atomic E-state index is 13.2. The molecule has 0 radical (unpaired) electrons. The van der Waals surface area contributed by atoms with Crippen molar-refractivity contribution in [3.63, 3.8) is 0 Å². The summed E-state index contributed by atoms with van der Waals surface area (Å²) in [5.41, 5.74) is 0.120. The van der Waals surface area contributed by atoms with Crippen molar-refractivity contribution in [1.29, 1.82) is 0 Å². The summed E-state index contributed by atoms with van der Waals surface area (Å²) in [6, 6.07) is 2.23. The summed E-state index contributed by atoms with van der Waals surface area (Å²) in [7, 11) is 1.25. The second-order valence-electron chi connectivity index (χ2n) is 3.68. The molecule has 1 N–H and O–H groups in total. The van der Waals surface area contributed by atoms with E-state index < -0.39 is 30.9 Å². The maximum Gasteiger partial charge on any atom is 0.389 e. The molecule has 1 aromatic carbocycles. The van der Waals surface area contributed by atoms with Crippen LogP contribution in [0.5, 0.6) is 5.75 Å². The molecular weight excluding hydrogens is 320 g/mol. The van der Waals surface area contributed by atoms with Crippen molar-refractivity contribution >= 4 is 15.9 Å². The van der Waals surface area contributed by atoms with Gasteiger partial charge in [-0.3, -0.25) is 0 Å². The first-order valence-electron chi connectivity index (χ1n) is 5.02. The Morgan fingerprint density at radius 1 is 1.39 bits per heavy atom. The largest absolute Gasteiger partial charge is 0.496 e. The predicted octanol–water partition coefficient (Wildman–Crippen LogP) is 3.97. The molecule has 0 aliphatic heterocycles. The molecule has 1 rings (SSSR count). The highest BCUT2D eigenvalue weighted by molar-refractivity contribution is 9.10. The zero-order valence-corrected chi connectivity index (χ0v) is 11.0. The summed E-state index contributed by atoms with van der Waals surface area (Å²) in [5.74, 6) is -0.594. The van der Waals surface area contributed by atoms with Gasteiger partial charge in [0.25, 0.3) is 0 Å². The van der Waals surface area contributed by atoms with E-state index in [-0.39, 0.29) is 15.8 Å². The Morgan fingerprint density at radius 2 is 2.00 bits per heavy atom. The van der Waals surface area contributed by atoms with Crippen LogP contribution in [-0.4, -0.2) is 18.4 Å². The number of halogens is 5. The summed E-state index contributed by atoms with van der Waals surface area (Å²) >= 11 is 2.90. The SMILES string of the molecule is COc1cc(F)c(Br)cc1C(O)CCC(F)(F)F. The smallest absolute Gasteiger partial charge is 0.389 e. The summed E-state index contributed by atoms with van der Waals surface area (Å²) in [6.07, 6.45) is -7.33. The maximum absolute atomic E-state index is 13.2. The fraction of sp³-hybridized carbons (Fsp3) is 0.455. The Morgan fingerprint density at radius 3 is 2.50 bits per heavy atom. The van der Waals surface area contributed by atoms with Gasteiger partial charge in [-0.15, -0.1) is 0 Å². The van der Waals surface area contributed by atoms with E-state index in [1.165, 1.54) is 13.2 Å². The Hall–Kier alpha value is -0.820. The minimum Gasteiger partial charge on any atom is -0.496 e. The van der Waals surface area contributed by atoms with Gasteiger partial charge in [0, 0.05) is 18.1 Å². The highest BCUT2D eigenvalue weighted by Crippen LogP contribution is 2.34. The van der Waals surface area contributed by atoms with Crippen LogP contribution in [0.15, 0.2) is 16.6 Å². The Balaban J connectivity index is 2.91. The van der Waals surface area contributed by atoms with Crippen molar-refractivity contribution < 1.29 is 27.4 Å². The quantitative estimate of drug-likeness (QED) is 0.846. The average molecular weight is 331 g/mol. The molecule has 7 heteroatoms. The van der Waals surface area contributed by atoms with Gasteiger partial charge in [-0.1, -0.05) is 0 Å². The number of rotatable bonds is 4. The molecule has 0 saturated heterocycles. The Bertz CT molecular complexity index is 420. The fourth-order valence-corrected chi connectivity index (χ4v) is 1.80. The van der Waals surface area contributed by atoms with E-state index in [0.29, 0.717) is 0 Å². The minimum atomic E-state index is -4.34. The molecule has 1 atom stereocenters. The lowest BCUT2D eigenvalue weighted by Gasteiger charge is -2.16. The van der Waals surface area contributed by atoms with Gasteiger partial charge in [-0.25, -0.2) is 4.39 Å². The summed E-state index contributed by atoms with van der Waals surface area (Å²) in [4.78, 5) is 0. The molecule has 2 nitrogen and oxygen atoms in total. The molecule has 0 fully saturated rings. The van der Waals surface area contributed by atoms with Crippen LogP contribution < -0.4 is 4.74 Å². The third kappa shape index (κ3) is 4.13. The molecule has 102 valence electrons. The third-order valence-corrected chi connectivity index (χ3v) is 2.94. The molecule has 0 aromatic heterocycles. The lowest BCUT2D eigenvalue weighted by atomic mass is 10.0. The van der Waals surface area contributed by atoms with Gasteiger partial charge in [0.05, 0.1) is 17.7 Å². The highest BCUT2D eigenvalue weighted by Gasteiger charge is 2.29. The second kappa shape index (κ2) is 5.88. The predicted molar refractivity (Wildman–Crippen MR) is 60.9 cm³/mol. The monoisotopic (exact) mass is 330 g/mol. The molecule has 0 saturated carbocycles. The van der Waals surface area contributed by atoms with Crippen LogP contribution in [0.25, 0.3) is 0 Å². The summed E-state index contributed by atoms with van der Waals surface area (Å²) in [6.45, 7) is 0. The van der Waals surface area contributed by atoms with E-state index in [0.717, 1.165) is 6.07 Å². The van der Waals surface area contributed by atoms with Gasteiger partial charge in [0.15, 0.2) is 0 Å². The number of aliphatic hydroxyl groups excluding tert-OH is 1. The Labute approximate surface area is 110 Å². The van der Waals surface area contributed by atoms with Crippen molar-refractivity contribution in [1.82, 2.24) is 0 Å². The van der Waals surface area contributed by atoms with Gasteiger partial charge in [0.2, 0.25) is 0 Å². The van der Waals surface area contributed by atoms with Gasteiger partial charge in [-0.05, 0) is 28.4 Å². The van der Waals surface area contributed by atoms with Crippen LogP contribution in [0.3, 0.4) is 0 Å². The molecule has 0 bridgehead atoms. The number of benzene rings is 1. The van der Waals surface area contributed by atoms with Gasteiger partial charge < -0.3 is 9.84 Å². The summed E-state index contributed by atoms with van der Waals surface area (Å²) in [5, 5.41) is 9.69. The first-order valence-corrected chi connectivity index (χ1v) is 5.81.